The Hall–Kier alpha value is -2.24. The van der Waals surface area contributed by atoms with Crippen molar-refractivity contribution in [3.63, 3.8) is 0 Å². The van der Waals surface area contributed by atoms with E-state index in [4.69, 9.17) is 5.53 Å². The predicted molar refractivity (Wildman–Crippen MR) is 58.8 cm³/mol. The topological polar surface area (TPSA) is 91.6 Å². The normalized spacial score (nSPS) is 9.50. The van der Waals surface area contributed by atoms with Crippen molar-refractivity contribution < 1.29 is 4.79 Å². The lowest BCUT2D eigenvalue weighted by molar-refractivity contribution is 0.0996. The molecule has 0 radical (unpaired) electrons. The number of rotatable bonds is 2. The Kier molecular flexibility index (Phi) is 2.90. The molecule has 0 saturated carbocycles. The fourth-order valence-electron chi connectivity index (χ4n) is 1.20. The molecule has 2 rings (SSSR count). The average Bonchev–Trinajstić information content (AvgIpc) is 2.79. The summed E-state index contributed by atoms with van der Waals surface area (Å²) in [6, 6.07) is 9.23. The van der Waals surface area contributed by atoms with Crippen LogP contribution in [0.3, 0.4) is 0 Å². The molecule has 0 N–H and O–H groups in total. The van der Waals surface area contributed by atoms with E-state index in [1.165, 1.54) is 0 Å². The van der Waals surface area contributed by atoms with Gasteiger partial charge in [0.15, 0.2) is 5.69 Å². The summed E-state index contributed by atoms with van der Waals surface area (Å²) >= 11 is 1.09. The zero-order chi connectivity index (χ0) is 11.4. The Morgan fingerprint density at radius 2 is 2.12 bits per heavy atom. The van der Waals surface area contributed by atoms with E-state index in [9.17, 15) is 4.79 Å². The van der Waals surface area contributed by atoms with E-state index in [0.717, 1.165) is 17.1 Å². The van der Waals surface area contributed by atoms with Gasteiger partial charge < -0.3 is 0 Å². The second-order valence-corrected chi connectivity index (χ2v) is 3.57. The molecular weight excluding hydrogens is 226 g/mol. The van der Waals surface area contributed by atoms with Crippen LogP contribution >= 0.6 is 11.5 Å². The van der Waals surface area contributed by atoms with Crippen molar-refractivity contribution in [3.8, 4) is 10.4 Å². The lowest BCUT2D eigenvalue weighted by Gasteiger charge is -1.96. The molecule has 0 saturated heterocycles. The fraction of sp³-hybridized carbons (Fsp3) is 0. The highest BCUT2D eigenvalue weighted by Gasteiger charge is 2.15. The maximum atomic E-state index is 11.4. The summed E-state index contributed by atoms with van der Waals surface area (Å²) in [7, 11) is 0. The van der Waals surface area contributed by atoms with E-state index in [1.807, 2.05) is 30.3 Å². The van der Waals surface area contributed by atoms with Crippen LogP contribution in [0.1, 0.15) is 10.5 Å². The van der Waals surface area contributed by atoms with Crippen molar-refractivity contribution in [2.45, 2.75) is 0 Å². The summed E-state index contributed by atoms with van der Waals surface area (Å²) in [5.41, 5.74) is 9.11. The molecule has 0 bridgehead atoms. The fourth-order valence-corrected chi connectivity index (χ4v) is 1.86. The van der Waals surface area contributed by atoms with Crippen LogP contribution in [0.2, 0.25) is 0 Å². The maximum Gasteiger partial charge on any atom is 0.270 e. The van der Waals surface area contributed by atoms with Crippen LogP contribution in [0.25, 0.3) is 20.9 Å². The van der Waals surface area contributed by atoms with Gasteiger partial charge in [-0.15, -0.1) is 5.10 Å². The third-order valence-electron chi connectivity index (χ3n) is 1.86. The second-order valence-electron chi connectivity index (χ2n) is 2.81. The zero-order valence-corrected chi connectivity index (χ0v) is 8.76. The Morgan fingerprint density at radius 1 is 1.38 bits per heavy atom. The van der Waals surface area contributed by atoms with E-state index >= 15 is 0 Å². The van der Waals surface area contributed by atoms with E-state index in [-0.39, 0.29) is 5.69 Å². The molecule has 6 nitrogen and oxygen atoms in total. The van der Waals surface area contributed by atoms with E-state index in [1.54, 1.807) is 0 Å². The lowest BCUT2D eigenvalue weighted by atomic mass is 10.1. The molecule has 16 heavy (non-hydrogen) atoms. The monoisotopic (exact) mass is 231 g/mol. The van der Waals surface area contributed by atoms with Gasteiger partial charge in [0.25, 0.3) is 5.91 Å². The Labute approximate surface area is 94.3 Å². The van der Waals surface area contributed by atoms with Crippen LogP contribution < -0.4 is 0 Å². The molecule has 0 fully saturated rings. The average molecular weight is 231 g/mol. The number of aromatic nitrogens is 2. The minimum atomic E-state index is -0.713. The molecule has 0 atom stereocenters. The summed E-state index contributed by atoms with van der Waals surface area (Å²) in [5.74, 6) is -0.713. The molecule has 0 aliphatic carbocycles. The largest absolute Gasteiger partial charge is 0.285 e. The molecule has 2 aromatic rings. The smallest absolute Gasteiger partial charge is 0.270 e. The van der Waals surface area contributed by atoms with Crippen molar-refractivity contribution in [2.75, 3.05) is 0 Å². The summed E-state index contributed by atoms with van der Waals surface area (Å²) in [4.78, 5) is 14.4. The molecule has 0 spiro atoms. The molecule has 0 aliphatic heterocycles. The van der Waals surface area contributed by atoms with Crippen molar-refractivity contribution in [2.24, 2.45) is 5.11 Å². The Bertz CT molecular complexity index is 558. The van der Waals surface area contributed by atoms with Crippen LogP contribution in [0.5, 0.6) is 0 Å². The van der Waals surface area contributed by atoms with Crippen molar-refractivity contribution >= 4 is 17.4 Å². The van der Waals surface area contributed by atoms with Crippen LogP contribution in [0.4, 0.5) is 0 Å². The van der Waals surface area contributed by atoms with Gasteiger partial charge in [-0.3, -0.25) is 4.79 Å². The van der Waals surface area contributed by atoms with Gasteiger partial charge in [0.05, 0.1) is 4.88 Å². The minimum absolute atomic E-state index is 0.0917. The van der Waals surface area contributed by atoms with E-state index in [0.29, 0.717) is 4.88 Å². The molecule has 1 heterocycles. The molecule has 1 aromatic heterocycles. The van der Waals surface area contributed by atoms with E-state index < -0.39 is 5.91 Å². The molecule has 0 aliphatic rings. The highest BCUT2D eigenvalue weighted by molar-refractivity contribution is 7.09. The Balaban J connectivity index is 2.48. The first-order valence-corrected chi connectivity index (χ1v) is 5.07. The number of carbonyl (C=O) groups is 1. The third kappa shape index (κ3) is 1.90. The SMILES string of the molecule is [N-]=[N+]=NC(=O)c1nnsc1-c1ccccc1. The quantitative estimate of drug-likeness (QED) is 0.451. The lowest BCUT2D eigenvalue weighted by Crippen LogP contribution is -1.96. The minimum Gasteiger partial charge on any atom is -0.285 e. The van der Waals surface area contributed by atoms with Gasteiger partial charge >= 0.3 is 0 Å². The molecular formula is C9H5N5OS. The van der Waals surface area contributed by atoms with Gasteiger partial charge in [-0.05, 0) is 27.7 Å². The first-order valence-electron chi connectivity index (χ1n) is 4.30. The number of azide groups is 1. The summed E-state index contributed by atoms with van der Waals surface area (Å²) in [6.45, 7) is 0. The third-order valence-corrected chi connectivity index (χ3v) is 2.64. The van der Waals surface area contributed by atoms with Gasteiger partial charge in [0.2, 0.25) is 0 Å². The summed E-state index contributed by atoms with van der Waals surface area (Å²) in [6.07, 6.45) is 0. The number of hydrogen-bond donors (Lipinski definition) is 0. The molecule has 1 aromatic carbocycles. The number of nitrogens with zero attached hydrogens (tertiary/aromatic N) is 5. The molecule has 0 unspecified atom stereocenters. The maximum absolute atomic E-state index is 11.4. The molecule has 1 amide bonds. The number of amides is 1. The molecule has 7 heteroatoms. The second kappa shape index (κ2) is 4.52. The summed E-state index contributed by atoms with van der Waals surface area (Å²) in [5, 5.41) is 6.66. The Morgan fingerprint density at radius 3 is 2.81 bits per heavy atom. The standard InChI is InChI=1S/C9H5N5OS/c10-13-12-9(15)7-8(16-14-11-7)6-4-2-1-3-5-6/h1-5H. The predicted octanol–water partition coefficient (Wildman–Crippen LogP) is 2.66. The van der Waals surface area contributed by atoms with E-state index in [2.05, 4.69) is 19.6 Å². The van der Waals surface area contributed by atoms with Crippen molar-refractivity contribution in [3.05, 3.63) is 46.5 Å². The highest BCUT2D eigenvalue weighted by atomic mass is 32.1. The highest BCUT2D eigenvalue weighted by Crippen LogP contribution is 2.26. The zero-order valence-electron chi connectivity index (χ0n) is 7.94. The first-order chi connectivity index (χ1) is 7.83. The van der Waals surface area contributed by atoms with Crippen molar-refractivity contribution in [1.82, 2.24) is 9.59 Å². The van der Waals surface area contributed by atoms with Crippen LogP contribution in [0, 0.1) is 0 Å². The van der Waals surface area contributed by atoms with Gasteiger partial charge in [-0.2, -0.15) is 0 Å². The number of hydrogen-bond acceptors (Lipinski definition) is 4. The van der Waals surface area contributed by atoms with Gasteiger partial charge in [-0.25, -0.2) is 0 Å². The van der Waals surface area contributed by atoms with Gasteiger partial charge in [0.1, 0.15) is 0 Å². The van der Waals surface area contributed by atoms with Crippen molar-refractivity contribution in [1.29, 1.82) is 0 Å². The number of carbonyl (C=O) groups excluding carboxylic acids is 1. The first kappa shape index (κ1) is 10.3. The summed E-state index contributed by atoms with van der Waals surface area (Å²) < 4.78 is 3.69. The van der Waals surface area contributed by atoms with Gasteiger partial charge in [0, 0.05) is 4.91 Å². The molecule has 78 valence electrons. The van der Waals surface area contributed by atoms with Crippen LogP contribution in [0.15, 0.2) is 35.4 Å². The number of benzene rings is 1. The van der Waals surface area contributed by atoms with Crippen LogP contribution in [-0.2, 0) is 0 Å². The van der Waals surface area contributed by atoms with Crippen LogP contribution in [-0.4, -0.2) is 15.5 Å². The van der Waals surface area contributed by atoms with Gasteiger partial charge in [-0.1, -0.05) is 34.8 Å².